The lowest BCUT2D eigenvalue weighted by Crippen LogP contribution is -2.41. The largest absolute Gasteiger partial charge is 0.393 e. The van der Waals surface area contributed by atoms with E-state index in [2.05, 4.69) is 4.72 Å². The molecule has 0 radical (unpaired) electrons. The molecule has 19 heavy (non-hydrogen) atoms. The number of rotatable bonds is 5. The summed E-state index contributed by atoms with van der Waals surface area (Å²) in [5.74, 6) is -2.33. The highest BCUT2D eigenvalue weighted by atomic mass is 32.2. The molecule has 0 heterocycles. The average molecular weight is 308 g/mol. The lowest BCUT2D eigenvalue weighted by molar-refractivity contribution is 0.496. The normalized spacial score (nSPS) is 12.4. The fourth-order valence-electron chi connectivity index (χ4n) is 1.09. The van der Waals surface area contributed by atoms with Crippen molar-refractivity contribution < 1.29 is 17.2 Å². The molecule has 3 N–H and O–H groups in total. The van der Waals surface area contributed by atoms with Crippen LogP contribution in [0.5, 0.6) is 0 Å². The van der Waals surface area contributed by atoms with Crippen LogP contribution in [0.2, 0.25) is 0 Å². The summed E-state index contributed by atoms with van der Waals surface area (Å²) in [6.45, 7) is 3.30. The van der Waals surface area contributed by atoms with Gasteiger partial charge in [-0.15, -0.1) is 0 Å². The maximum Gasteiger partial charge on any atom is 0.240 e. The summed E-state index contributed by atoms with van der Waals surface area (Å²) in [4.78, 5) is -0.203. The molecule has 0 spiro atoms. The van der Waals surface area contributed by atoms with Crippen LogP contribution in [0.4, 0.5) is 8.78 Å². The lowest BCUT2D eigenvalue weighted by atomic mass is 9.94. The first-order valence-electron chi connectivity index (χ1n) is 5.31. The van der Waals surface area contributed by atoms with Crippen molar-refractivity contribution in [1.82, 2.24) is 4.72 Å². The molecule has 1 aromatic rings. The number of benzene rings is 1. The molecule has 0 amide bonds. The predicted octanol–water partition coefficient (Wildman–Crippen LogP) is 1.56. The molecule has 0 saturated heterocycles. The summed E-state index contributed by atoms with van der Waals surface area (Å²) in [6, 6.07) is 2.35. The summed E-state index contributed by atoms with van der Waals surface area (Å²) in [7, 11) is -3.94. The van der Waals surface area contributed by atoms with Crippen molar-refractivity contribution in [2.24, 2.45) is 11.1 Å². The number of sulfonamides is 1. The Labute approximate surface area is 116 Å². The Kier molecular flexibility index (Phi) is 4.59. The Balaban J connectivity index is 2.93. The van der Waals surface area contributed by atoms with E-state index in [9.17, 15) is 17.2 Å². The van der Waals surface area contributed by atoms with Crippen LogP contribution in [-0.4, -0.2) is 20.0 Å². The molecule has 0 aliphatic heterocycles. The van der Waals surface area contributed by atoms with Gasteiger partial charge in [-0.3, -0.25) is 0 Å². The Morgan fingerprint density at radius 3 is 2.42 bits per heavy atom. The second-order valence-corrected chi connectivity index (χ2v) is 6.86. The van der Waals surface area contributed by atoms with Gasteiger partial charge < -0.3 is 5.73 Å². The second kappa shape index (κ2) is 5.48. The highest BCUT2D eigenvalue weighted by molar-refractivity contribution is 7.89. The van der Waals surface area contributed by atoms with Gasteiger partial charge in [-0.25, -0.2) is 21.9 Å². The van der Waals surface area contributed by atoms with Crippen LogP contribution in [-0.2, 0) is 10.0 Å². The zero-order valence-electron chi connectivity index (χ0n) is 10.4. The second-order valence-electron chi connectivity index (χ2n) is 4.65. The molecule has 8 heteroatoms. The van der Waals surface area contributed by atoms with Gasteiger partial charge in [0.2, 0.25) is 10.0 Å². The number of nitrogens with one attached hydrogen (secondary N) is 1. The maximum absolute atomic E-state index is 13.0. The van der Waals surface area contributed by atoms with Gasteiger partial charge in [0.1, 0.15) is 0 Å². The van der Waals surface area contributed by atoms with Crippen molar-refractivity contribution in [2.45, 2.75) is 18.7 Å². The van der Waals surface area contributed by atoms with Crippen molar-refractivity contribution in [2.75, 3.05) is 6.54 Å². The zero-order chi connectivity index (χ0) is 14.8. The summed E-state index contributed by atoms with van der Waals surface area (Å²) >= 11 is 4.81. The quantitative estimate of drug-likeness (QED) is 0.810. The summed E-state index contributed by atoms with van der Waals surface area (Å²) in [6.07, 6.45) is 0. The van der Waals surface area contributed by atoms with Crippen LogP contribution in [0.25, 0.3) is 0 Å². The maximum atomic E-state index is 13.0. The standard InChI is InChI=1S/C11H14F2N2O2S2/c1-11(2,10(14)18)6-15-19(16,17)7-3-4-8(12)9(13)5-7/h3-5,15H,6H2,1-2H3,(H2,14,18). The minimum atomic E-state index is -3.94. The molecule has 1 rings (SSSR count). The van der Waals surface area contributed by atoms with Crippen LogP contribution in [0.3, 0.4) is 0 Å². The number of nitrogens with two attached hydrogens (primary N) is 1. The molecule has 0 unspecified atom stereocenters. The lowest BCUT2D eigenvalue weighted by Gasteiger charge is -2.23. The van der Waals surface area contributed by atoms with E-state index in [-0.39, 0.29) is 16.4 Å². The molecule has 0 fully saturated rings. The van der Waals surface area contributed by atoms with Crippen LogP contribution in [0, 0.1) is 17.0 Å². The minimum absolute atomic E-state index is 0.0380. The summed E-state index contributed by atoms with van der Waals surface area (Å²) in [5, 5.41) is 0. The van der Waals surface area contributed by atoms with Crippen LogP contribution in [0.15, 0.2) is 23.1 Å². The Morgan fingerprint density at radius 2 is 1.95 bits per heavy atom. The summed E-state index contributed by atoms with van der Waals surface area (Å²) < 4.78 is 51.8. The molecule has 0 aliphatic carbocycles. The van der Waals surface area contributed by atoms with Gasteiger partial charge in [0.05, 0.1) is 9.88 Å². The highest BCUT2D eigenvalue weighted by Gasteiger charge is 2.25. The third kappa shape index (κ3) is 3.92. The van der Waals surface area contributed by atoms with E-state index in [4.69, 9.17) is 18.0 Å². The predicted molar refractivity (Wildman–Crippen MR) is 72.1 cm³/mol. The van der Waals surface area contributed by atoms with Gasteiger partial charge in [0, 0.05) is 12.0 Å². The Hall–Kier alpha value is -1.12. The smallest absolute Gasteiger partial charge is 0.240 e. The minimum Gasteiger partial charge on any atom is -0.393 e. The zero-order valence-corrected chi connectivity index (χ0v) is 12.0. The van der Waals surface area contributed by atoms with Crippen molar-refractivity contribution in [1.29, 1.82) is 0 Å². The van der Waals surface area contributed by atoms with E-state index in [0.717, 1.165) is 12.1 Å². The molecular formula is C11H14F2N2O2S2. The SMILES string of the molecule is CC(C)(CNS(=O)(=O)c1ccc(F)c(F)c1)C(N)=S. The molecule has 106 valence electrons. The van der Waals surface area contributed by atoms with Gasteiger partial charge in [0.25, 0.3) is 0 Å². The van der Waals surface area contributed by atoms with Crippen LogP contribution >= 0.6 is 12.2 Å². The van der Waals surface area contributed by atoms with E-state index in [1.165, 1.54) is 0 Å². The van der Waals surface area contributed by atoms with Gasteiger partial charge in [-0.05, 0) is 18.2 Å². The molecule has 0 aromatic heterocycles. The van der Waals surface area contributed by atoms with Gasteiger partial charge >= 0.3 is 0 Å². The Bertz CT molecular complexity index is 601. The molecule has 1 aromatic carbocycles. The number of thiocarbonyl (C=S) groups is 1. The number of halogens is 2. The van der Waals surface area contributed by atoms with E-state index >= 15 is 0 Å². The topological polar surface area (TPSA) is 72.2 Å². The van der Waals surface area contributed by atoms with Crippen molar-refractivity contribution >= 4 is 27.2 Å². The fraction of sp³-hybridized carbons (Fsp3) is 0.364. The van der Waals surface area contributed by atoms with Crippen LogP contribution < -0.4 is 10.5 Å². The molecule has 4 nitrogen and oxygen atoms in total. The third-order valence-corrected chi connectivity index (χ3v) is 4.52. The van der Waals surface area contributed by atoms with Gasteiger partial charge in [-0.2, -0.15) is 0 Å². The monoisotopic (exact) mass is 308 g/mol. The molecular weight excluding hydrogens is 294 g/mol. The van der Waals surface area contributed by atoms with Crippen molar-refractivity contribution in [3.8, 4) is 0 Å². The van der Waals surface area contributed by atoms with E-state index < -0.39 is 27.1 Å². The molecule has 0 aliphatic rings. The van der Waals surface area contributed by atoms with E-state index in [1.807, 2.05) is 0 Å². The Morgan fingerprint density at radius 1 is 1.37 bits per heavy atom. The third-order valence-electron chi connectivity index (χ3n) is 2.57. The molecule has 0 saturated carbocycles. The number of hydrogen-bond donors (Lipinski definition) is 2. The van der Waals surface area contributed by atoms with Crippen LogP contribution in [0.1, 0.15) is 13.8 Å². The van der Waals surface area contributed by atoms with Gasteiger partial charge in [-0.1, -0.05) is 26.1 Å². The van der Waals surface area contributed by atoms with E-state index in [1.54, 1.807) is 13.8 Å². The highest BCUT2D eigenvalue weighted by Crippen LogP contribution is 2.17. The fourth-order valence-corrected chi connectivity index (χ4v) is 2.39. The van der Waals surface area contributed by atoms with Crippen molar-refractivity contribution in [3.63, 3.8) is 0 Å². The van der Waals surface area contributed by atoms with E-state index in [0.29, 0.717) is 6.07 Å². The molecule has 0 atom stereocenters. The molecule has 0 bridgehead atoms. The van der Waals surface area contributed by atoms with Gasteiger partial charge in [0.15, 0.2) is 11.6 Å². The average Bonchev–Trinajstić information content (AvgIpc) is 2.30. The number of hydrogen-bond acceptors (Lipinski definition) is 3. The summed E-state index contributed by atoms with van der Waals surface area (Å²) in [5.41, 5.74) is 4.75. The first-order valence-corrected chi connectivity index (χ1v) is 7.20. The van der Waals surface area contributed by atoms with Crippen molar-refractivity contribution in [3.05, 3.63) is 29.8 Å². The first-order chi connectivity index (χ1) is 8.56. The first kappa shape index (κ1) is 15.9.